The number of carbonyl (C=O) groups is 1. The molecule has 30 heavy (non-hydrogen) atoms. The smallest absolute Gasteiger partial charge is 0.246 e. The molecule has 0 aliphatic carbocycles. The highest BCUT2D eigenvalue weighted by atomic mass is 16.2. The van der Waals surface area contributed by atoms with Crippen LogP contribution in [0.2, 0.25) is 0 Å². The first-order valence-electron chi connectivity index (χ1n) is 9.59. The van der Waals surface area contributed by atoms with Gasteiger partial charge in [0.2, 0.25) is 5.91 Å². The Morgan fingerprint density at radius 3 is 2.23 bits per heavy atom. The van der Waals surface area contributed by atoms with Gasteiger partial charge in [-0.2, -0.15) is 10.2 Å². The van der Waals surface area contributed by atoms with E-state index >= 15 is 0 Å². The second-order valence-corrected chi connectivity index (χ2v) is 7.40. The van der Waals surface area contributed by atoms with Gasteiger partial charge in [0, 0.05) is 68.2 Å². The molecule has 1 aromatic carbocycles. The van der Waals surface area contributed by atoms with Crippen LogP contribution in [0.3, 0.4) is 0 Å². The molecule has 0 saturated heterocycles. The zero-order chi connectivity index (χ0) is 21.3. The Bertz CT molecular complexity index is 1170. The minimum absolute atomic E-state index is 0.00949. The van der Waals surface area contributed by atoms with Crippen molar-refractivity contribution in [2.75, 3.05) is 14.1 Å². The van der Waals surface area contributed by atoms with Crippen molar-refractivity contribution < 1.29 is 4.79 Å². The van der Waals surface area contributed by atoms with E-state index in [-0.39, 0.29) is 11.9 Å². The van der Waals surface area contributed by atoms with E-state index in [2.05, 4.69) is 26.2 Å². The van der Waals surface area contributed by atoms with Gasteiger partial charge in [0.15, 0.2) is 5.82 Å². The number of benzene rings is 1. The van der Waals surface area contributed by atoms with Gasteiger partial charge < -0.3 is 4.90 Å². The van der Waals surface area contributed by atoms with Crippen molar-refractivity contribution in [2.24, 2.45) is 7.05 Å². The average Bonchev–Trinajstić information content (AvgIpc) is 3.42. The maximum Gasteiger partial charge on any atom is 0.246 e. The zero-order valence-electron chi connectivity index (χ0n) is 17.4. The van der Waals surface area contributed by atoms with Crippen LogP contribution in [-0.4, -0.2) is 54.4 Å². The molecule has 8 heteroatoms. The fraction of sp³-hybridized carbons (Fsp3) is 0.227. The van der Waals surface area contributed by atoms with Crippen LogP contribution in [0.4, 0.5) is 0 Å². The lowest BCUT2D eigenvalue weighted by Gasteiger charge is -2.16. The Balaban J connectivity index is 1.56. The monoisotopic (exact) mass is 401 g/mol. The van der Waals surface area contributed by atoms with Crippen LogP contribution in [0.15, 0.2) is 61.4 Å². The molecule has 3 heterocycles. The molecule has 0 saturated carbocycles. The molecular formula is C22H23N7O. The fourth-order valence-corrected chi connectivity index (χ4v) is 3.22. The number of aromatic nitrogens is 6. The summed E-state index contributed by atoms with van der Waals surface area (Å²) >= 11 is 0. The van der Waals surface area contributed by atoms with Crippen LogP contribution in [-0.2, 0) is 11.8 Å². The normalized spacial score (nSPS) is 12.0. The molecular weight excluding hydrogens is 378 g/mol. The summed E-state index contributed by atoms with van der Waals surface area (Å²) in [5, 5.41) is 8.56. The Kier molecular flexibility index (Phi) is 5.14. The molecule has 4 aromatic rings. The Labute approximate surface area is 174 Å². The molecule has 0 spiro atoms. The summed E-state index contributed by atoms with van der Waals surface area (Å²) < 4.78 is 3.43. The first-order chi connectivity index (χ1) is 14.4. The number of hydrogen-bond donors (Lipinski definition) is 0. The third-order valence-corrected chi connectivity index (χ3v) is 4.94. The van der Waals surface area contributed by atoms with Gasteiger partial charge in [0.05, 0.1) is 12.4 Å². The van der Waals surface area contributed by atoms with Gasteiger partial charge in [-0.15, -0.1) is 0 Å². The maximum absolute atomic E-state index is 12.2. The first kappa shape index (κ1) is 19.5. The summed E-state index contributed by atoms with van der Waals surface area (Å²) in [6.45, 7) is 1.83. The van der Waals surface area contributed by atoms with E-state index < -0.39 is 0 Å². The van der Waals surface area contributed by atoms with Gasteiger partial charge in [-0.25, -0.2) is 9.97 Å². The standard InChI is InChI=1S/C22H23N7O/c1-15(22(30)27(2)3)29-14-20(12-26-29)18-9-23-21(24-10-18)17-7-5-6-16(8-17)19-11-25-28(4)13-19/h5-15H,1-4H3. The van der Waals surface area contributed by atoms with E-state index in [0.29, 0.717) is 5.82 Å². The third kappa shape index (κ3) is 3.84. The van der Waals surface area contributed by atoms with Crippen molar-refractivity contribution >= 4 is 5.91 Å². The number of rotatable bonds is 5. The second-order valence-electron chi connectivity index (χ2n) is 7.40. The topological polar surface area (TPSA) is 81.7 Å². The van der Waals surface area contributed by atoms with Crippen molar-refractivity contribution in [1.82, 2.24) is 34.4 Å². The Hall–Kier alpha value is -3.81. The van der Waals surface area contributed by atoms with Gasteiger partial charge in [0.25, 0.3) is 0 Å². The van der Waals surface area contributed by atoms with Crippen molar-refractivity contribution in [2.45, 2.75) is 13.0 Å². The molecule has 0 fully saturated rings. The van der Waals surface area contributed by atoms with E-state index in [1.165, 1.54) is 0 Å². The van der Waals surface area contributed by atoms with E-state index in [9.17, 15) is 4.79 Å². The van der Waals surface area contributed by atoms with Gasteiger partial charge in [-0.1, -0.05) is 18.2 Å². The van der Waals surface area contributed by atoms with Gasteiger partial charge in [-0.05, 0) is 18.6 Å². The minimum Gasteiger partial charge on any atom is -0.347 e. The predicted molar refractivity (Wildman–Crippen MR) is 114 cm³/mol. The fourth-order valence-electron chi connectivity index (χ4n) is 3.22. The highest BCUT2D eigenvalue weighted by Gasteiger charge is 2.18. The Morgan fingerprint density at radius 1 is 0.900 bits per heavy atom. The molecule has 1 atom stereocenters. The number of carbonyl (C=O) groups excluding carboxylic acids is 1. The number of nitrogens with zero attached hydrogens (tertiary/aromatic N) is 7. The van der Waals surface area contributed by atoms with Gasteiger partial charge in [0.1, 0.15) is 6.04 Å². The second kappa shape index (κ2) is 7.90. The SMILES string of the molecule is CC(C(=O)N(C)C)n1cc(-c2cnc(-c3cccc(-c4cnn(C)c4)c3)nc2)cn1. The van der Waals surface area contributed by atoms with Crippen molar-refractivity contribution in [3.8, 4) is 33.6 Å². The van der Waals surface area contributed by atoms with E-state index in [1.54, 1.807) is 46.9 Å². The molecule has 0 N–H and O–H groups in total. The lowest BCUT2D eigenvalue weighted by molar-refractivity contribution is -0.131. The summed E-state index contributed by atoms with van der Waals surface area (Å²) in [6, 6.07) is 7.70. The molecule has 1 amide bonds. The molecule has 4 rings (SSSR count). The van der Waals surface area contributed by atoms with Gasteiger partial charge in [-0.3, -0.25) is 14.2 Å². The molecule has 8 nitrogen and oxygen atoms in total. The van der Waals surface area contributed by atoms with Crippen molar-refractivity contribution in [3.63, 3.8) is 0 Å². The molecule has 1 unspecified atom stereocenters. The minimum atomic E-state index is -0.371. The largest absolute Gasteiger partial charge is 0.347 e. The van der Waals surface area contributed by atoms with Crippen LogP contribution < -0.4 is 0 Å². The quantitative estimate of drug-likeness (QED) is 0.513. The number of aryl methyl sites for hydroxylation is 1. The highest BCUT2D eigenvalue weighted by Crippen LogP contribution is 2.25. The molecule has 152 valence electrons. The molecule has 0 radical (unpaired) electrons. The third-order valence-electron chi connectivity index (χ3n) is 4.94. The number of amides is 1. The van der Waals surface area contributed by atoms with Crippen LogP contribution in [0.25, 0.3) is 33.6 Å². The lowest BCUT2D eigenvalue weighted by atomic mass is 10.1. The first-order valence-corrected chi connectivity index (χ1v) is 9.59. The molecule has 0 aliphatic heterocycles. The maximum atomic E-state index is 12.2. The molecule has 3 aromatic heterocycles. The van der Waals surface area contributed by atoms with Crippen molar-refractivity contribution in [1.29, 1.82) is 0 Å². The molecule has 0 bridgehead atoms. The van der Waals surface area contributed by atoms with E-state index in [4.69, 9.17) is 0 Å². The van der Waals surface area contributed by atoms with E-state index in [0.717, 1.165) is 27.8 Å². The number of hydrogen-bond acceptors (Lipinski definition) is 5. The summed E-state index contributed by atoms with van der Waals surface area (Å²) in [6.07, 6.45) is 10.9. The Morgan fingerprint density at radius 2 is 1.57 bits per heavy atom. The van der Waals surface area contributed by atoms with Crippen LogP contribution >= 0.6 is 0 Å². The lowest BCUT2D eigenvalue weighted by Crippen LogP contribution is -2.30. The summed E-state index contributed by atoms with van der Waals surface area (Å²) in [5.74, 6) is 0.637. The summed E-state index contributed by atoms with van der Waals surface area (Å²) in [7, 11) is 5.37. The summed E-state index contributed by atoms with van der Waals surface area (Å²) in [4.78, 5) is 22.8. The molecule has 0 aliphatic rings. The van der Waals surface area contributed by atoms with Crippen LogP contribution in [0, 0.1) is 0 Å². The van der Waals surface area contributed by atoms with Crippen LogP contribution in [0.5, 0.6) is 0 Å². The van der Waals surface area contributed by atoms with Gasteiger partial charge >= 0.3 is 0 Å². The average molecular weight is 401 g/mol. The predicted octanol–water partition coefficient (Wildman–Crippen LogP) is 3.06. The summed E-state index contributed by atoms with van der Waals surface area (Å²) in [5.41, 5.74) is 4.75. The zero-order valence-corrected chi connectivity index (χ0v) is 17.4. The van der Waals surface area contributed by atoms with Crippen molar-refractivity contribution in [3.05, 3.63) is 61.4 Å². The number of likely N-dealkylation sites (N-methyl/N-ethyl adjacent to an activating group) is 1. The van der Waals surface area contributed by atoms with E-state index in [1.807, 2.05) is 50.8 Å². The highest BCUT2D eigenvalue weighted by molar-refractivity contribution is 5.79. The van der Waals surface area contributed by atoms with Crippen LogP contribution in [0.1, 0.15) is 13.0 Å².